The summed E-state index contributed by atoms with van der Waals surface area (Å²) in [5, 5.41) is 10.4. The lowest BCUT2D eigenvalue weighted by Gasteiger charge is -2.01. The van der Waals surface area contributed by atoms with Crippen LogP contribution < -0.4 is 3.97 Å². The molecule has 1 N–H and O–H groups in total. The van der Waals surface area contributed by atoms with Crippen LogP contribution in [0, 0.1) is 0 Å². The summed E-state index contributed by atoms with van der Waals surface area (Å²) in [5.41, 5.74) is -0.0302. The van der Waals surface area contributed by atoms with Gasteiger partial charge in [0.1, 0.15) is 4.90 Å². The van der Waals surface area contributed by atoms with E-state index in [1.165, 1.54) is 28.8 Å². The molecular weight excluding hydrogens is 340 g/mol. The summed E-state index contributed by atoms with van der Waals surface area (Å²) in [6, 6.07) is 12.4. The molecule has 118 valence electrons. The van der Waals surface area contributed by atoms with E-state index in [2.05, 4.69) is 0 Å². The maximum atomic E-state index is 12.8. The Kier molecular flexibility index (Phi) is 3.83. The number of alkyl halides is 1. The fourth-order valence-corrected chi connectivity index (χ4v) is 3.91. The summed E-state index contributed by atoms with van der Waals surface area (Å²) >= 11 is 5.57. The van der Waals surface area contributed by atoms with Crippen molar-refractivity contribution in [3.63, 3.8) is 0 Å². The normalized spacial score (nSPS) is 11.7. The molecule has 0 bridgehead atoms. The molecule has 0 aliphatic carbocycles. The number of halogens is 1. The second-order valence-corrected chi connectivity index (χ2v) is 6.79. The van der Waals surface area contributed by atoms with E-state index in [1.807, 2.05) is 0 Å². The second kappa shape index (κ2) is 5.68. The molecule has 0 atom stereocenters. The van der Waals surface area contributed by atoms with Gasteiger partial charge in [-0.3, -0.25) is 4.79 Å². The summed E-state index contributed by atoms with van der Waals surface area (Å²) in [5.74, 6) is -1.61. The highest BCUT2D eigenvalue weighted by molar-refractivity contribution is 7.85. The first-order valence-corrected chi connectivity index (χ1v) is 8.60. The molecule has 2 heterocycles. The van der Waals surface area contributed by atoms with E-state index in [0.717, 1.165) is 3.97 Å². The van der Waals surface area contributed by atoms with Gasteiger partial charge >= 0.3 is 21.6 Å². The Balaban J connectivity index is 2.40. The molecular formula is C15H12ClN2O4S+. The number of rotatable bonds is 4. The molecule has 0 aliphatic rings. The molecule has 23 heavy (non-hydrogen) atoms. The Morgan fingerprint density at radius 2 is 1.78 bits per heavy atom. The molecule has 0 unspecified atom stereocenters. The van der Waals surface area contributed by atoms with E-state index in [-0.39, 0.29) is 22.1 Å². The number of fused-ring (bicyclic) bond motifs is 1. The van der Waals surface area contributed by atoms with Gasteiger partial charge < -0.3 is 5.11 Å². The molecule has 0 fully saturated rings. The van der Waals surface area contributed by atoms with E-state index in [0.29, 0.717) is 0 Å². The average molecular weight is 352 g/mol. The van der Waals surface area contributed by atoms with E-state index < -0.39 is 21.7 Å². The van der Waals surface area contributed by atoms with Gasteiger partial charge in [0, 0.05) is 6.07 Å². The summed E-state index contributed by atoms with van der Waals surface area (Å²) in [6.45, 7) is 0. The van der Waals surface area contributed by atoms with Crippen LogP contribution in [0.25, 0.3) is 5.65 Å². The molecule has 0 spiro atoms. The fraction of sp³-hybridized carbons (Fsp3) is 0.0667. The first-order chi connectivity index (χ1) is 11.0. The van der Waals surface area contributed by atoms with Gasteiger partial charge in [-0.05, 0) is 18.2 Å². The van der Waals surface area contributed by atoms with Gasteiger partial charge in [0.2, 0.25) is 5.78 Å². The third-order valence-corrected chi connectivity index (χ3v) is 5.31. The fourth-order valence-electron chi connectivity index (χ4n) is 2.36. The number of imidazole rings is 1. The van der Waals surface area contributed by atoms with Gasteiger partial charge in [-0.2, -0.15) is 12.8 Å². The molecule has 0 radical (unpaired) electrons. The van der Waals surface area contributed by atoms with Crippen LogP contribution in [-0.4, -0.2) is 29.6 Å². The summed E-state index contributed by atoms with van der Waals surface area (Å²) in [7, 11) is -4.07. The molecule has 3 rings (SSSR count). The summed E-state index contributed by atoms with van der Waals surface area (Å²) in [6.07, 6.45) is 1.49. The summed E-state index contributed by atoms with van der Waals surface area (Å²) < 4.78 is 27.7. The highest BCUT2D eigenvalue weighted by Crippen LogP contribution is 2.21. The number of pyridine rings is 1. The Morgan fingerprint density at radius 3 is 2.43 bits per heavy atom. The first kappa shape index (κ1) is 15.5. The number of aromatic nitrogens is 2. The van der Waals surface area contributed by atoms with Gasteiger partial charge in [0.25, 0.3) is 5.69 Å². The number of benzene rings is 1. The predicted octanol–water partition coefficient (Wildman–Crippen LogP) is 1.59. The largest absolute Gasteiger partial charge is 0.474 e. The van der Waals surface area contributed by atoms with E-state index in [4.69, 9.17) is 11.6 Å². The molecule has 0 saturated heterocycles. The Morgan fingerprint density at radius 1 is 1.13 bits per heavy atom. The highest BCUT2D eigenvalue weighted by atomic mass is 35.5. The quantitative estimate of drug-likeness (QED) is 0.440. The Bertz CT molecular complexity index is 997. The monoisotopic (exact) mass is 351 g/mol. The minimum absolute atomic E-state index is 0.00141. The Labute approximate surface area is 137 Å². The second-order valence-electron chi connectivity index (χ2n) is 4.74. The SMILES string of the molecule is O=C(CCl)c1c(O)[n+](S(=O)(=O)c2ccccc2)c2ccccn12. The number of carbonyl (C=O) groups excluding carboxylic acids is 1. The van der Waals surface area contributed by atoms with Crippen LogP contribution >= 0.6 is 11.6 Å². The topological polar surface area (TPSA) is 79.7 Å². The third kappa shape index (κ3) is 2.38. The summed E-state index contributed by atoms with van der Waals surface area (Å²) in [4.78, 5) is 12.0. The van der Waals surface area contributed by atoms with Crippen LogP contribution in [0.3, 0.4) is 0 Å². The molecule has 1 aromatic carbocycles. The van der Waals surface area contributed by atoms with Gasteiger partial charge in [-0.15, -0.1) is 11.6 Å². The number of nitrogens with zero attached hydrogens (tertiary/aromatic N) is 2. The average Bonchev–Trinajstić information content (AvgIpc) is 2.87. The maximum absolute atomic E-state index is 12.8. The standard InChI is InChI=1S/C15H11ClN2O4S/c16-10-12(19)14-15(20)18(13-8-4-5-9-17(13)14)23(21,22)11-6-2-1-3-7-11/h1-9H,10H2/p+1. The lowest BCUT2D eigenvalue weighted by atomic mass is 10.3. The zero-order valence-electron chi connectivity index (χ0n) is 11.8. The number of Topliss-reactive ketones (excluding diaryl/α,β-unsaturated/α-hetero) is 1. The highest BCUT2D eigenvalue weighted by Gasteiger charge is 2.37. The zero-order valence-corrected chi connectivity index (χ0v) is 13.3. The maximum Gasteiger partial charge on any atom is 0.351 e. The predicted molar refractivity (Wildman–Crippen MR) is 83.3 cm³/mol. The smallest absolute Gasteiger partial charge is 0.351 e. The molecule has 6 nitrogen and oxygen atoms in total. The molecule has 0 aliphatic heterocycles. The molecule has 8 heteroatoms. The molecule has 2 aromatic heterocycles. The minimum atomic E-state index is -4.07. The number of ketones is 1. The van der Waals surface area contributed by atoms with Gasteiger partial charge in [-0.25, -0.2) is 0 Å². The number of hydrogen-bond donors (Lipinski definition) is 1. The Hall–Kier alpha value is -2.38. The minimum Gasteiger partial charge on any atom is -0.474 e. The van der Waals surface area contributed by atoms with Crippen molar-refractivity contribution < 1.29 is 22.3 Å². The van der Waals surface area contributed by atoms with Crippen molar-refractivity contribution in [1.29, 1.82) is 0 Å². The first-order valence-electron chi connectivity index (χ1n) is 6.62. The molecule has 3 aromatic rings. The third-order valence-electron chi connectivity index (χ3n) is 3.36. The van der Waals surface area contributed by atoms with Crippen molar-refractivity contribution >= 4 is 33.1 Å². The van der Waals surface area contributed by atoms with Crippen molar-refractivity contribution in [2.75, 3.05) is 5.88 Å². The number of carbonyl (C=O) groups is 1. The van der Waals surface area contributed by atoms with E-state index in [1.54, 1.807) is 30.3 Å². The van der Waals surface area contributed by atoms with Gasteiger partial charge in [0.05, 0.1) is 12.1 Å². The van der Waals surface area contributed by atoms with Crippen molar-refractivity contribution in [2.45, 2.75) is 4.90 Å². The zero-order chi connectivity index (χ0) is 16.6. The molecule has 0 saturated carbocycles. The van der Waals surface area contributed by atoms with Gasteiger partial charge in [0.15, 0.2) is 0 Å². The lowest BCUT2D eigenvalue weighted by Crippen LogP contribution is -2.42. The van der Waals surface area contributed by atoms with Crippen LogP contribution in [0.5, 0.6) is 5.88 Å². The van der Waals surface area contributed by atoms with E-state index >= 15 is 0 Å². The lowest BCUT2D eigenvalue weighted by molar-refractivity contribution is -0.492. The van der Waals surface area contributed by atoms with Crippen LogP contribution in [0.1, 0.15) is 10.5 Å². The van der Waals surface area contributed by atoms with Crippen LogP contribution in [0.4, 0.5) is 0 Å². The van der Waals surface area contributed by atoms with Gasteiger partial charge in [-0.1, -0.05) is 28.2 Å². The molecule has 0 amide bonds. The van der Waals surface area contributed by atoms with Crippen LogP contribution in [0.15, 0.2) is 59.6 Å². The van der Waals surface area contributed by atoms with E-state index in [9.17, 15) is 18.3 Å². The number of aromatic hydroxyl groups is 1. The van der Waals surface area contributed by atoms with Crippen molar-refractivity contribution in [3.8, 4) is 5.88 Å². The van der Waals surface area contributed by atoms with Crippen LogP contribution in [-0.2, 0) is 10.0 Å². The van der Waals surface area contributed by atoms with Crippen LogP contribution in [0.2, 0.25) is 0 Å². The van der Waals surface area contributed by atoms with Crippen molar-refractivity contribution in [2.24, 2.45) is 0 Å². The van der Waals surface area contributed by atoms with Crippen molar-refractivity contribution in [1.82, 2.24) is 4.40 Å². The number of hydrogen-bond acceptors (Lipinski definition) is 4. The van der Waals surface area contributed by atoms with Crippen molar-refractivity contribution in [3.05, 3.63) is 60.4 Å².